The average molecular weight is 242 g/mol. The van der Waals surface area contributed by atoms with E-state index in [0.29, 0.717) is 6.04 Å². The van der Waals surface area contributed by atoms with Crippen molar-refractivity contribution in [1.29, 1.82) is 0 Å². The van der Waals surface area contributed by atoms with Crippen molar-refractivity contribution < 1.29 is 0 Å². The lowest BCUT2D eigenvalue weighted by atomic mass is 10.1. The van der Waals surface area contributed by atoms with Gasteiger partial charge >= 0.3 is 0 Å². The highest BCUT2D eigenvalue weighted by molar-refractivity contribution is 5.79. The first-order chi connectivity index (χ1) is 8.65. The van der Waals surface area contributed by atoms with Crippen LogP contribution in [-0.2, 0) is 6.42 Å². The molecule has 0 saturated carbocycles. The summed E-state index contributed by atoms with van der Waals surface area (Å²) in [6, 6.07) is 11.4. The molecule has 1 N–H and O–H groups in total. The Kier molecular flexibility index (Phi) is 4.32. The number of hydrogen-bond acceptors (Lipinski definition) is 2. The minimum absolute atomic E-state index is 0.578. The van der Waals surface area contributed by atoms with Gasteiger partial charge in [0.05, 0.1) is 5.52 Å². The minimum Gasteiger partial charge on any atom is -0.315 e. The third kappa shape index (κ3) is 3.54. The zero-order valence-corrected chi connectivity index (χ0v) is 11.5. The first kappa shape index (κ1) is 13.0. The molecule has 1 heterocycles. The van der Waals surface area contributed by atoms with Gasteiger partial charge in [0.25, 0.3) is 0 Å². The van der Waals surface area contributed by atoms with Crippen molar-refractivity contribution in [2.45, 2.75) is 39.7 Å². The molecule has 1 aromatic carbocycles. The summed E-state index contributed by atoms with van der Waals surface area (Å²) in [6.45, 7) is 7.49. The molecule has 2 aromatic rings. The molecule has 0 amide bonds. The fourth-order valence-electron chi connectivity index (χ4n) is 2.12. The normalized spacial score (nSPS) is 11.3. The summed E-state index contributed by atoms with van der Waals surface area (Å²) < 4.78 is 0. The Morgan fingerprint density at radius 3 is 2.78 bits per heavy atom. The van der Waals surface area contributed by atoms with E-state index in [4.69, 9.17) is 0 Å². The lowest BCUT2D eigenvalue weighted by Crippen LogP contribution is -2.23. The van der Waals surface area contributed by atoms with Gasteiger partial charge in [0.1, 0.15) is 0 Å². The third-order valence-electron chi connectivity index (χ3n) is 3.09. The number of nitrogens with one attached hydrogen (secondary N) is 1. The van der Waals surface area contributed by atoms with Gasteiger partial charge in [0, 0.05) is 17.1 Å². The molecule has 2 rings (SSSR count). The number of pyridine rings is 1. The van der Waals surface area contributed by atoms with Gasteiger partial charge in [-0.3, -0.25) is 4.98 Å². The highest BCUT2D eigenvalue weighted by Gasteiger charge is 1.99. The van der Waals surface area contributed by atoms with Crippen molar-refractivity contribution in [3.8, 4) is 0 Å². The zero-order chi connectivity index (χ0) is 13.0. The molecule has 0 fully saturated rings. The molecule has 0 atom stereocenters. The van der Waals surface area contributed by atoms with Crippen LogP contribution in [0.3, 0.4) is 0 Å². The van der Waals surface area contributed by atoms with Crippen molar-refractivity contribution in [3.63, 3.8) is 0 Å². The molecule has 0 aliphatic carbocycles. The quantitative estimate of drug-likeness (QED) is 0.812. The van der Waals surface area contributed by atoms with E-state index in [2.05, 4.69) is 54.5 Å². The van der Waals surface area contributed by atoms with E-state index in [1.165, 1.54) is 17.4 Å². The highest BCUT2D eigenvalue weighted by atomic mass is 14.9. The molecule has 0 aliphatic heterocycles. The molecular weight excluding hydrogens is 220 g/mol. The molecule has 0 radical (unpaired) electrons. The molecule has 0 bridgehead atoms. The van der Waals surface area contributed by atoms with Crippen molar-refractivity contribution >= 4 is 10.9 Å². The van der Waals surface area contributed by atoms with Crippen LogP contribution >= 0.6 is 0 Å². The molecule has 0 saturated heterocycles. The van der Waals surface area contributed by atoms with Crippen LogP contribution in [-0.4, -0.2) is 17.6 Å². The monoisotopic (exact) mass is 242 g/mol. The Morgan fingerprint density at radius 2 is 2.00 bits per heavy atom. The van der Waals surface area contributed by atoms with Crippen molar-refractivity contribution in [2.75, 3.05) is 6.54 Å². The van der Waals surface area contributed by atoms with Crippen LogP contribution in [0.5, 0.6) is 0 Å². The summed E-state index contributed by atoms with van der Waals surface area (Å²) in [5.41, 5.74) is 3.58. The largest absolute Gasteiger partial charge is 0.315 e. The maximum absolute atomic E-state index is 4.52. The predicted octanol–water partition coefficient (Wildman–Crippen LogP) is 3.47. The van der Waals surface area contributed by atoms with Gasteiger partial charge in [-0.2, -0.15) is 0 Å². The highest BCUT2D eigenvalue weighted by Crippen LogP contribution is 2.15. The Balaban J connectivity index is 1.99. The van der Waals surface area contributed by atoms with Crippen LogP contribution in [0.25, 0.3) is 10.9 Å². The molecule has 0 aliphatic rings. The van der Waals surface area contributed by atoms with E-state index in [0.717, 1.165) is 24.2 Å². The maximum atomic E-state index is 4.52. The smallest absolute Gasteiger partial charge is 0.0705 e. The maximum Gasteiger partial charge on any atom is 0.0705 e. The van der Waals surface area contributed by atoms with Crippen molar-refractivity contribution in [2.24, 2.45) is 0 Å². The topological polar surface area (TPSA) is 24.9 Å². The van der Waals surface area contributed by atoms with Crippen LogP contribution in [0.1, 0.15) is 31.5 Å². The molecule has 2 heteroatoms. The molecule has 2 nitrogen and oxygen atoms in total. The summed E-state index contributed by atoms with van der Waals surface area (Å²) in [7, 11) is 0. The summed E-state index contributed by atoms with van der Waals surface area (Å²) in [6.07, 6.45) is 2.31. The molecule has 0 spiro atoms. The van der Waals surface area contributed by atoms with Crippen molar-refractivity contribution in [3.05, 3.63) is 41.6 Å². The number of aryl methyl sites for hydroxylation is 2. The number of hydrogen-bond donors (Lipinski definition) is 1. The summed E-state index contributed by atoms with van der Waals surface area (Å²) in [4.78, 5) is 4.52. The lowest BCUT2D eigenvalue weighted by molar-refractivity contribution is 0.570. The average Bonchev–Trinajstić information content (AvgIpc) is 2.34. The van der Waals surface area contributed by atoms with Crippen LogP contribution in [0.4, 0.5) is 0 Å². The van der Waals surface area contributed by atoms with Crippen LogP contribution in [0.15, 0.2) is 30.3 Å². The number of benzene rings is 1. The van der Waals surface area contributed by atoms with Crippen molar-refractivity contribution in [1.82, 2.24) is 10.3 Å². The Bertz CT molecular complexity index is 517. The van der Waals surface area contributed by atoms with Gasteiger partial charge in [0.15, 0.2) is 0 Å². The third-order valence-corrected chi connectivity index (χ3v) is 3.09. The van der Waals surface area contributed by atoms with E-state index < -0.39 is 0 Å². The molecule has 96 valence electrons. The van der Waals surface area contributed by atoms with E-state index in [9.17, 15) is 0 Å². The second-order valence-electron chi connectivity index (χ2n) is 5.19. The Hall–Kier alpha value is -1.41. The second kappa shape index (κ2) is 5.96. The van der Waals surface area contributed by atoms with Crippen LogP contribution in [0, 0.1) is 6.92 Å². The van der Waals surface area contributed by atoms with E-state index >= 15 is 0 Å². The SMILES string of the molecule is Cc1ccc2cc(CCCNC(C)C)ccc2n1. The van der Waals surface area contributed by atoms with Gasteiger partial charge in [-0.25, -0.2) is 0 Å². The van der Waals surface area contributed by atoms with E-state index in [-0.39, 0.29) is 0 Å². The fourth-order valence-corrected chi connectivity index (χ4v) is 2.12. The fraction of sp³-hybridized carbons (Fsp3) is 0.438. The number of rotatable bonds is 5. The molecular formula is C16H22N2. The molecule has 18 heavy (non-hydrogen) atoms. The van der Waals surface area contributed by atoms with Crippen LogP contribution < -0.4 is 5.32 Å². The van der Waals surface area contributed by atoms with Gasteiger partial charge in [0.2, 0.25) is 0 Å². The van der Waals surface area contributed by atoms with Gasteiger partial charge in [-0.05, 0) is 50.1 Å². The molecule has 0 unspecified atom stereocenters. The standard InChI is InChI=1S/C16H22N2/c1-12(2)17-10-4-5-14-7-9-16-15(11-14)8-6-13(3)18-16/h6-9,11-12,17H,4-5,10H2,1-3H3. The summed E-state index contributed by atoms with van der Waals surface area (Å²) in [5, 5.41) is 4.69. The second-order valence-corrected chi connectivity index (χ2v) is 5.19. The number of aromatic nitrogens is 1. The predicted molar refractivity (Wildman–Crippen MR) is 77.9 cm³/mol. The van der Waals surface area contributed by atoms with E-state index in [1.807, 2.05) is 6.92 Å². The Morgan fingerprint density at radius 1 is 1.17 bits per heavy atom. The molecule has 1 aromatic heterocycles. The van der Waals surface area contributed by atoms with Gasteiger partial charge in [-0.15, -0.1) is 0 Å². The summed E-state index contributed by atoms with van der Waals surface area (Å²) >= 11 is 0. The van der Waals surface area contributed by atoms with Gasteiger partial charge in [-0.1, -0.05) is 26.0 Å². The lowest BCUT2D eigenvalue weighted by Gasteiger charge is -2.08. The Labute approximate surface area is 109 Å². The minimum atomic E-state index is 0.578. The van der Waals surface area contributed by atoms with Crippen LogP contribution in [0.2, 0.25) is 0 Å². The first-order valence-electron chi connectivity index (χ1n) is 6.75. The first-order valence-corrected chi connectivity index (χ1v) is 6.75. The number of fused-ring (bicyclic) bond motifs is 1. The van der Waals surface area contributed by atoms with Gasteiger partial charge < -0.3 is 5.32 Å². The van der Waals surface area contributed by atoms with E-state index in [1.54, 1.807) is 0 Å². The summed E-state index contributed by atoms with van der Waals surface area (Å²) in [5.74, 6) is 0. The number of nitrogens with zero attached hydrogens (tertiary/aromatic N) is 1. The zero-order valence-electron chi connectivity index (χ0n) is 11.5.